The predicted octanol–water partition coefficient (Wildman–Crippen LogP) is 3.17. The van der Waals surface area contributed by atoms with Crippen LogP contribution in [0.2, 0.25) is 0 Å². The Morgan fingerprint density at radius 3 is 2.35 bits per heavy atom. The van der Waals surface area contributed by atoms with Gasteiger partial charge in [0.2, 0.25) is 16.8 Å². The van der Waals surface area contributed by atoms with Crippen molar-refractivity contribution in [3.63, 3.8) is 0 Å². The molecule has 0 saturated carbocycles. The summed E-state index contributed by atoms with van der Waals surface area (Å²) in [4.78, 5) is 12.7. The van der Waals surface area contributed by atoms with Gasteiger partial charge in [-0.2, -0.15) is 4.31 Å². The van der Waals surface area contributed by atoms with Crippen molar-refractivity contribution in [2.45, 2.75) is 18.0 Å². The molecule has 3 aromatic carbocycles. The molecule has 0 bridgehead atoms. The van der Waals surface area contributed by atoms with Gasteiger partial charge in [0, 0.05) is 25.7 Å². The third kappa shape index (κ3) is 4.70. The first-order valence-electron chi connectivity index (χ1n) is 9.70. The first kappa shape index (κ1) is 20.9. The maximum atomic E-state index is 12.6. The highest BCUT2D eigenvalue weighted by atomic mass is 32.2. The maximum absolute atomic E-state index is 12.6. The van der Waals surface area contributed by atoms with Crippen LogP contribution in [0.15, 0.2) is 77.7 Å². The zero-order chi connectivity index (χ0) is 21.8. The number of amides is 1. The summed E-state index contributed by atoms with van der Waals surface area (Å²) in [6.07, 6.45) is 0. The Morgan fingerprint density at radius 1 is 0.935 bits per heavy atom. The molecule has 0 unspecified atom stereocenters. The Morgan fingerprint density at radius 2 is 1.61 bits per heavy atom. The van der Waals surface area contributed by atoms with Gasteiger partial charge >= 0.3 is 0 Å². The Kier molecular flexibility index (Phi) is 5.92. The highest BCUT2D eigenvalue weighted by Gasteiger charge is 2.20. The fourth-order valence-electron chi connectivity index (χ4n) is 3.21. The maximum Gasteiger partial charge on any atom is 0.251 e. The summed E-state index contributed by atoms with van der Waals surface area (Å²) in [6.45, 7) is 0.769. The quantitative estimate of drug-likeness (QED) is 0.613. The fraction of sp³-hybridized carbons (Fsp3) is 0.174. The molecule has 3 aromatic rings. The van der Waals surface area contributed by atoms with Gasteiger partial charge < -0.3 is 14.8 Å². The summed E-state index contributed by atoms with van der Waals surface area (Å²) in [6, 6.07) is 20.7. The zero-order valence-electron chi connectivity index (χ0n) is 16.9. The minimum absolute atomic E-state index is 0.205. The fourth-order valence-corrected chi connectivity index (χ4v) is 4.39. The second-order valence-corrected chi connectivity index (χ2v) is 9.19. The molecule has 8 heteroatoms. The molecule has 0 aromatic heterocycles. The third-order valence-corrected chi connectivity index (χ3v) is 6.78. The number of benzene rings is 3. The van der Waals surface area contributed by atoms with E-state index in [0.29, 0.717) is 23.6 Å². The van der Waals surface area contributed by atoms with E-state index in [1.165, 1.54) is 11.4 Å². The highest BCUT2D eigenvalue weighted by Crippen LogP contribution is 2.32. The van der Waals surface area contributed by atoms with Crippen molar-refractivity contribution < 1.29 is 22.7 Å². The van der Waals surface area contributed by atoms with Gasteiger partial charge in [0.05, 0.1) is 4.90 Å². The molecular formula is C23H22N2O5S. The zero-order valence-corrected chi connectivity index (χ0v) is 17.8. The van der Waals surface area contributed by atoms with Crippen LogP contribution in [0.5, 0.6) is 11.5 Å². The molecule has 0 fully saturated rings. The molecule has 0 saturated heterocycles. The average Bonchev–Trinajstić information content (AvgIpc) is 3.26. The smallest absolute Gasteiger partial charge is 0.251 e. The van der Waals surface area contributed by atoms with Crippen molar-refractivity contribution in [1.82, 2.24) is 9.62 Å². The van der Waals surface area contributed by atoms with Crippen LogP contribution in [0.4, 0.5) is 0 Å². The Hall–Kier alpha value is -3.36. The van der Waals surface area contributed by atoms with E-state index in [4.69, 9.17) is 9.47 Å². The molecular weight excluding hydrogens is 416 g/mol. The van der Waals surface area contributed by atoms with E-state index < -0.39 is 10.0 Å². The molecule has 1 heterocycles. The summed E-state index contributed by atoms with van der Waals surface area (Å²) in [5.74, 6) is 1.16. The van der Waals surface area contributed by atoms with E-state index in [-0.39, 0.29) is 24.1 Å². The van der Waals surface area contributed by atoms with Crippen LogP contribution >= 0.6 is 0 Å². The van der Waals surface area contributed by atoms with Crippen molar-refractivity contribution in [1.29, 1.82) is 0 Å². The number of carbonyl (C=O) groups is 1. The second-order valence-electron chi connectivity index (χ2n) is 7.14. The topological polar surface area (TPSA) is 84.9 Å². The summed E-state index contributed by atoms with van der Waals surface area (Å²) in [5, 5.41) is 2.87. The minimum Gasteiger partial charge on any atom is -0.454 e. The summed E-state index contributed by atoms with van der Waals surface area (Å²) in [7, 11) is -2.04. The van der Waals surface area contributed by atoms with Crippen LogP contribution in [-0.4, -0.2) is 32.5 Å². The molecule has 1 amide bonds. The van der Waals surface area contributed by atoms with Crippen LogP contribution in [0.3, 0.4) is 0 Å². The predicted molar refractivity (Wildman–Crippen MR) is 115 cm³/mol. The number of hydrogen-bond acceptors (Lipinski definition) is 5. The Labute approximate surface area is 181 Å². The molecule has 0 spiro atoms. The van der Waals surface area contributed by atoms with Crippen LogP contribution in [0, 0.1) is 0 Å². The molecule has 0 aliphatic carbocycles. The van der Waals surface area contributed by atoms with Gasteiger partial charge in [-0.25, -0.2) is 8.42 Å². The normalized spacial score (nSPS) is 12.7. The number of fused-ring (bicyclic) bond motifs is 1. The number of carbonyl (C=O) groups excluding carboxylic acids is 1. The molecule has 1 N–H and O–H groups in total. The van der Waals surface area contributed by atoms with Gasteiger partial charge in [-0.15, -0.1) is 0 Å². The minimum atomic E-state index is -3.57. The van der Waals surface area contributed by atoms with Crippen molar-refractivity contribution in [2.75, 3.05) is 13.8 Å². The van der Waals surface area contributed by atoms with Crippen molar-refractivity contribution >= 4 is 15.9 Å². The van der Waals surface area contributed by atoms with Gasteiger partial charge in [0.15, 0.2) is 11.5 Å². The van der Waals surface area contributed by atoms with E-state index in [1.807, 2.05) is 18.2 Å². The second kappa shape index (κ2) is 8.79. The number of sulfonamides is 1. The Balaban J connectivity index is 1.36. The van der Waals surface area contributed by atoms with Crippen LogP contribution in [0.1, 0.15) is 21.5 Å². The van der Waals surface area contributed by atoms with Gasteiger partial charge in [0.25, 0.3) is 5.91 Å². The number of hydrogen-bond donors (Lipinski definition) is 1. The SMILES string of the molecule is CN(Cc1ccc(C(=O)NCc2ccc3c(c2)OCO3)cc1)S(=O)(=O)c1ccccc1. The van der Waals surface area contributed by atoms with Gasteiger partial charge in [-0.1, -0.05) is 36.4 Å². The summed E-state index contributed by atoms with van der Waals surface area (Å²) in [5.41, 5.74) is 2.19. The molecule has 160 valence electrons. The number of nitrogens with one attached hydrogen (secondary N) is 1. The number of ether oxygens (including phenoxy) is 2. The summed E-state index contributed by atoms with van der Waals surface area (Å²) < 4.78 is 37.2. The number of rotatable bonds is 7. The monoisotopic (exact) mass is 438 g/mol. The van der Waals surface area contributed by atoms with Crippen molar-refractivity contribution in [3.05, 3.63) is 89.5 Å². The lowest BCUT2D eigenvalue weighted by atomic mass is 10.1. The molecule has 31 heavy (non-hydrogen) atoms. The van der Waals surface area contributed by atoms with Crippen LogP contribution < -0.4 is 14.8 Å². The van der Waals surface area contributed by atoms with E-state index in [2.05, 4.69) is 5.32 Å². The van der Waals surface area contributed by atoms with Crippen LogP contribution in [0.25, 0.3) is 0 Å². The first-order valence-corrected chi connectivity index (χ1v) is 11.1. The first-order chi connectivity index (χ1) is 14.9. The Bertz CT molecular complexity index is 1180. The van der Waals surface area contributed by atoms with Gasteiger partial charge in [0.1, 0.15) is 0 Å². The number of nitrogens with zero attached hydrogens (tertiary/aromatic N) is 1. The average molecular weight is 439 g/mol. The highest BCUT2D eigenvalue weighted by molar-refractivity contribution is 7.89. The van der Waals surface area contributed by atoms with E-state index in [0.717, 1.165) is 11.1 Å². The lowest BCUT2D eigenvalue weighted by Gasteiger charge is -2.17. The molecule has 0 atom stereocenters. The van der Waals surface area contributed by atoms with Gasteiger partial charge in [-0.05, 0) is 47.5 Å². The molecule has 1 aliphatic rings. The van der Waals surface area contributed by atoms with E-state index in [1.54, 1.807) is 54.6 Å². The molecule has 0 radical (unpaired) electrons. The van der Waals surface area contributed by atoms with E-state index in [9.17, 15) is 13.2 Å². The van der Waals surface area contributed by atoms with Crippen LogP contribution in [-0.2, 0) is 23.1 Å². The summed E-state index contributed by atoms with van der Waals surface area (Å²) >= 11 is 0. The lowest BCUT2D eigenvalue weighted by Crippen LogP contribution is -2.26. The molecule has 7 nitrogen and oxygen atoms in total. The van der Waals surface area contributed by atoms with E-state index >= 15 is 0 Å². The lowest BCUT2D eigenvalue weighted by molar-refractivity contribution is 0.0950. The standard InChI is InChI=1S/C23H22N2O5S/c1-25(31(27,28)20-5-3-2-4-6-20)15-17-7-10-19(11-8-17)23(26)24-14-18-9-12-21-22(13-18)30-16-29-21/h2-13H,14-16H2,1H3,(H,24,26). The third-order valence-electron chi connectivity index (χ3n) is 4.96. The largest absolute Gasteiger partial charge is 0.454 e. The van der Waals surface area contributed by atoms with Crippen molar-refractivity contribution in [2.24, 2.45) is 0 Å². The van der Waals surface area contributed by atoms with Crippen molar-refractivity contribution in [3.8, 4) is 11.5 Å². The molecule has 1 aliphatic heterocycles. The molecule has 4 rings (SSSR count). The van der Waals surface area contributed by atoms with Gasteiger partial charge in [-0.3, -0.25) is 4.79 Å².